The number of hydrogen-bond acceptors (Lipinski definition) is 8. The zero-order chi connectivity index (χ0) is 22.2. The molecule has 2 N–H and O–H groups in total. The van der Waals surface area contributed by atoms with E-state index in [1.807, 2.05) is 0 Å². The first kappa shape index (κ1) is 21.9. The molecule has 0 bridgehead atoms. The molecule has 0 spiro atoms. The third-order valence-electron chi connectivity index (χ3n) is 5.01. The molecule has 31 heavy (non-hydrogen) atoms. The zero-order valence-corrected chi connectivity index (χ0v) is 19.3. The Morgan fingerprint density at radius 1 is 1.26 bits per heavy atom. The Morgan fingerprint density at radius 3 is 2.71 bits per heavy atom. The molecule has 12 heteroatoms. The molecule has 4 rings (SSSR count). The number of nitrogens with one attached hydrogen (secondary N) is 2. The lowest BCUT2D eigenvalue weighted by atomic mass is 9.96. The van der Waals surface area contributed by atoms with E-state index in [2.05, 4.69) is 36.9 Å². The molecule has 0 saturated carbocycles. The zero-order valence-electron chi connectivity index (χ0n) is 16.9. The van der Waals surface area contributed by atoms with E-state index in [-0.39, 0.29) is 22.7 Å². The molecular weight excluding hydrogens is 460 g/mol. The Labute approximate surface area is 188 Å². The Hall–Kier alpha value is -2.34. The van der Waals surface area contributed by atoms with E-state index in [9.17, 15) is 13.2 Å². The highest BCUT2D eigenvalue weighted by Crippen LogP contribution is 2.30. The Bertz CT molecular complexity index is 1240. The average molecular weight is 481 g/mol. The number of pyridine rings is 2. The number of carbonyl (C=O) groups is 1. The number of nitrogens with zero attached hydrogens (tertiary/aromatic N) is 4. The second-order valence-electron chi connectivity index (χ2n) is 7.54. The third-order valence-corrected chi connectivity index (χ3v) is 6.78. The molecule has 164 valence electrons. The number of thiazole rings is 1. The number of sulfonamides is 1. The van der Waals surface area contributed by atoms with Crippen molar-refractivity contribution in [3.05, 3.63) is 29.5 Å². The summed E-state index contributed by atoms with van der Waals surface area (Å²) in [6.07, 6.45) is 4.24. The molecule has 0 aromatic carbocycles. The first-order chi connectivity index (χ1) is 14.7. The fourth-order valence-electron chi connectivity index (χ4n) is 3.37. The van der Waals surface area contributed by atoms with Crippen molar-refractivity contribution in [3.63, 3.8) is 0 Å². The maximum absolute atomic E-state index is 12.6. The number of likely N-dealkylation sites (tertiary alicyclic amines) is 1. The molecule has 0 aliphatic carbocycles. The summed E-state index contributed by atoms with van der Waals surface area (Å²) in [5.41, 5.74) is 2.04. The van der Waals surface area contributed by atoms with Crippen molar-refractivity contribution in [1.29, 1.82) is 0 Å². The fraction of sp³-hybridized carbons (Fsp3) is 0.368. The highest BCUT2D eigenvalue weighted by molar-refractivity contribution is 7.92. The summed E-state index contributed by atoms with van der Waals surface area (Å²) in [7, 11) is -1.44. The van der Waals surface area contributed by atoms with Crippen LogP contribution in [0.4, 0.5) is 10.8 Å². The predicted molar refractivity (Wildman–Crippen MR) is 123 cm³/mol. The highest BCUT2D eigenvalue weighted by Gasteiger charge is 2.24. The quantitative estimate of drug-likeness (QED) is 0.539. The molecule has 1 saturated heterocycles. The molecule has 3 aromatic rings. The number of rotatable bonds is 5. The number of hydrogen-bond donors (Lipinski definition) is 2. The van der Waals surface area contributed by atoms with Crippen molar-refractivity contribution < 1.29 is 13.2 Å². The first-order valence-electron chi connectivity index (χ1n) is 9.58. The standard InChI is InChI=1S/C19H21ClN6O3S2/c1-26-7-5-11(6-8-26)17(27)24-19-23-14-4-3-13(22-18(14)30-19)12-9-15(16(20)21-10-12)25-31(2,28)29/h3-4,9-11,25H,5-8H2,1-2H3,(H,23,24,27). The number of piperidine rings is 1. The van der Waals surface area contributed by atoms with Gasteiger partial charge in [0.2, 0.25) is 15.9 Å². The van der Waals surface area contributed by atoms with E-state index >= 15 is 0 Å². The normalized spacial score (nSPS) is 15.8. The van der Waals surface area contributed by atoms with Crippen LogP contribution >= 0.6 is 22.9 Å². The van der Waals surface area contributed by atoms with Crippen LogP contribution in [0.25, 0.3) is 21.6 Å². The number of amides is 1. The number of halogens is 1. The van der Waals surface area contributed by atoms with Crippen LogP contribution in [-0.4, -0.2) is 60.6 Å². The Morgan fingerprint density at radius 2 is 2.00 bits per heavy atom. The van der Waals surface area contributed by atoms with Gasteiger partial charge >= 0.3 is 0 Å². The maximum Gasteiger partial charge on any atom is 0.229 e. The molecule has 3 aromatic heterocycles. The molecule has 1 fully saturated rings. The topological polar surface area (TPSA) is 117 Å². The van der Waals surface area contributed by atoms with E-state index in [1.165, 1.54) is 17.5 Å². The SMILES string of the molecule is CN1CCC(C(=O)Nc2nc3ccc(-c4cnc(Cl)c(NS(C)(=O)=O)c4)nc3s2)CC1. The van der Waals surface area contributed by atoms with Crippen LogP contribution in [0.5, 0.6) is 0 Å². The van der Waals surface area contributed by atoms with Gasteiger partial charge in [-0.15, -0.1) is 0 Å². The van der Waals surface area contributed by atoms with Crippen molar-refractivity contribution >= 4 is 60.0 Å². The molecule has 4 heterocycles. The van der Waals surface area contributed by atoms with Gasteiger partial charge in [-0.3, -0.25) is 9.52 Å². The van der Waals surface area contributed by atoms with Gasteiger partial charge in [-0.1, -0.05) is 22.9 Å². The number of aromatic nitrogens is 3. The van der Waals surface area contributed by atoms with Gasteiger partial charge < -0.3 is 10.2 Å². The van der Waals surface area contributed by atoms with Crippen molar-refractivity contribution in [1.82, 2.24) is 19.9 Å². The van der Waals surface area contributed by atoms with Crippen LogP contribution in [0, 0.1) is 5.92 Å². The van der Waals surface area contributed by atoms with Crippen LogP contribution in [0.1, 0.15) is 12.8 Å². The molecule has 1 aliphatic heterocycles. The first-order valence-corrected chi connectivity index (χ1v) is 12.7. The number of carbonyl (C=O) groups excluding carboxylic acids is 1. The lowest BCUT2D eigenvalue weighted by molar-refractivity contribution is -0.121. The minimum atomic E-state index is -3.50. The minimum absolute atomic E-state index is 0.00682. The third kappa shape index (κ3) is 5.29. The molecule has 0 radical (unpaired) electrons. The van der Waals surface area contributed by atoms with Crippen molar-refractivity contribution in [2.24, 2.45) is 5.92 Å². The van der Waals surface area contributed by atoms with E-state index < -0.39 is 10.0 Å². The van der Waals surface area contributed by atoms with E-state index in [0.29, 0.717) is 26.7 Å². The van der Waals surface area contributed by atoms with Gasteiger partial charge in [0.15, 0.2) is 10.3 Å². The summed E-state index contributed by atoms with van der Waals surface area (Å²) in [4.78, 5) is 28.5. The lowest BCUT2D eigenvalue weighted by Crippen LogP contribution is -2.35. The van der Waals surface area contributed by atoms with E-state index in [1.54, 1.807) is 18.2 Å². The smallest absolute Gasteiger partial charge is 0.229 e. The van der Waals surface area contributed by atoms with Crippen molar-refractivity contribution in [2.75, 3.05) is 36.4 Å². The Balaban J connectivity index is 1.55. The average Bonchev–Trinajstić information content (AvgIpc) is 3.10. The number of fused-ring (bicyclic) bond motifs is 1. The van der Waals surface area contributed by atoms with Gasteiger partial charge in [-0.05, 0) is 51.2 Å². The second kappa shape index (κ2) is 8.65. The maximum atomic E-state index is 12.6. The largest absolute Gasteiger partial charge is 0.306 e. The molecule has 0 unspecified atom stereocenters. The highest BCUT2D eigenvalue weighted by atomic mass is 35.5. The molecular formula is C19H21ClN6O3S2. The summed E-state index contributed by atoms with van der Waals surface area (Å²) in [5.74, 6) is -0.0154. The summed E-state index contributed by atoms with van der Waals surface area (Å²) in [5, 5.41) is 3.48. The Kier molecular flexibility index (Phi) is 6.11. The lowest BCUT2D eigenvalue weighted by Gasteiger charge is -2.27. The van der Waals surface area contributed by atoms with Crippen molar-refractivity contribution in [2.45, 2.75) is 12.8 Å². The van der Waals surface area contributed by atoms with Gasteiger partial charge in [-0.25, -0.2) is 23.4 Å². The monoisotopic (exact) mass is 480 g/mol. The van der Waals surface area contributed by atoms with Gasteiger partial charge in [0.1, 0.15) is 10.3 Å². The summed E-state index contributed by atoms with van der Waals surface area (Å²) in [6, 6.07) is 5.14. The van der Waals surface area contributed by atoms with Crippen LogP contribution < -0.4 is 10.0 Å². The summed E-state index contributed by atoms with van der Waals surface area (Å²) >= 11 is 7.29. The summed E-state index contributed by atoms with van der Waals surface area (Å²) in [6.45, 7) is 1.82. The van der Waals surface area contributed by atoms with Crippen LogP contribution in [0.2, 0.25) is 5.15 Å². The van der Waals surface area contributed by atoms with Gasteiger partial charge in [0.05, 0.1) is 17.6 Å². The summed E-state index contributed by atoms with van der Waals surface area (Å²) < 4.78 is 25.4. The molecule has 1 amide bonds. The minimum Gasteiger partial charge on any atom is -0.306 e. The number of anilines is 2. The van der Waals surface area contributed by atoms with E-state index in [0.717, 1.165) is 32.2 Å². The van der Waals surface area contributed by atoms with Crippen LogP contribution in [-0.2, 0) is 14.8 Å². The molecule has 9 nitrogen and oxygen atoms in total. The second-order valence-corrected chi connectivity index (χ2v) is 10.6. The van der Waals surface area contributed by atoms with E-state index in [4.69, 9.17) is 11.6 Å². The van der Waals surface area contributed by atoms with Gasteiger partial charge in [-0.2, -0.15) is 0 Å². The van der Waals surface area contributed by atoms with Crippen LogP contribution in [0.3, 0.4) is 0 Å². The van der Waals surface area contributed by atoms with Gasteiger partial charge in [0, 0.05) is 17.7 Å². The molecule has 0 atom stereocenters. The van der Waals surface area contributed by atoms with Crippen LogP contribution in [0.15, 0.2) is 24.4 Å². The van der Waals surface area contributed by atoms with Crippen molar-refractivity contribution in [3.8, 4) is 11.3 Å². The van der Waals surface area contributed by atoms with Gasteiger partial charge in [0.25, 0.3) is 0 Å². The predicted octanol–water partition coefficient (Wildman–Crippen LogP) is 3.06. The molecule has 1 aliphatic rings. The fourth-order valence-corrected chi connectivity index (χ4v) is 4.97.